The molecule has 18 heavy (non-hydrogen) atoms. The van der Waals surface area contributed by atoms with Gasteiger partial charge in [-0.2, -0.15) is 5.26 Å². The van der Waals surface area contributed by atoms with Crippen molar-refractivity contribution in [3.05, 3.63) is 0 Å². The van der Waals surface area contributed by atoms with Gasteiger partial charge in [0, 0.05) is 0 Å². The maximum absolute atomic E-state index is 9.58. The first-order valence-electron chi connectivity index (χ1n) is 7.49. The van der Waals surface area contributed by atoms with Gasteiger partial charge in [0.05, 0.1) is 11.5 Å². The summed E-state index contributed by atoms with van der Waals surface area (Å²) in [4.78, 5) is 0. The van der Waals surface area contributed by atoms with Crippen molar-refractivity contribution in [3.63, 3.8) is 0 Å². The van der Waals surface area contributed by atoms with Gasteiger partial charge in [-0.25, -0.2) is 0 Å². The Bertz CT molecular complexity index is 300. The van der Waals surface area contributed by atoms with Gasteiger partial charge in [-0.3, -0.25) is 0 Å². The molecule has 0 unspecified atom stereocenters. The van der Waals surface area contributed by atoms with Crippen LogP contribution >= 0.6 is 0 Å². The molecule has 0 amide bonds. The number of hydrogen-bond acceptors (Lipinski definition) is 1. The molecule has 0 aliphatic heterocycles. The van der Waals surface area contributed by atoms with Crippen LogP contribution in [0.15, 0.2) is 0 Å². The third-order valence-electron chi connectivity index (χ3n) is 4.76. The first-order valence-corrected chi connectivity index (χ1v) is 7.49. The maximum atomic E-state index is 9.58. The number of nitrogens with zero attached hydrogens (tertiary/aromatic N) is 1. The zero-order chi connectivity index (χ0) is 14.0. The lowest BCUT2D eigenvalue weighted by molar-refractivity contribution is 0.107. The van der Waals surface area contributed by atoms with E-state index in [-0.39, 0.29) is 5.41 Å². The minimum atomic E-state index is -0.0188. The summed E-state index contributed by atoms with van der Waals surface area (Å²) in [5, 5.41) is 9.58. The predicted molar refractivity (Wildman–Crippen MR) is 78.1 cm³/mol. The van der Waals surface area contributed by atoms with Crippen LogP contribution in [-0.4, -0.2) is 0 Å². The van der Waals surface area contributed by atoms with Crippen molar-refractivity contribution in [3.8, 4) is 6.07 Å². The molecule has 1 aliphatic rings. The van der Waals surface area contributed by atoms with Crippen molar-refractivity contribution >= 4 is 0 Å². The summed E-state index contributed by atoms with van der Waals surface area (Å²) in [5.41, 5.74) is 0.741. The zero-order valence-corrected chi connectivity index (χ0v) is 13.3. The Kier molecular flexibility index (Phi) is 4.52. The van der Waals surface area contributed by atoms with Crippen LogP contribution in [0, 0.1) is 33.5 Å². The van der Waals surface area contributed by atoms with Crippen LogP contribution in [0.5, 0.6) is 0 Å². The van der Waals surface area contributed by atoms with E-state index in [1.807, 2.05) is 0 Å². The Hall–Kier alpha value is -0.510. The van der Waals surface area contributed by atoms with Crippen molar-refractivity contribution < 1.29 is 0 Å². The Morgan fingerprint density at radius 1 is 1.06 bits per heavy atom. The van der Waals surface area contributed by atoms with Gasteiger partial charge in [0.2, 0.25) is 0 Å². The second kappa shape index (κ2) is 5.24. The minimum Gasteiger partial charge on any atom is -0.198 e. The van der Waals surface area contributed by atoms with Gasteiger partial charge in [-0.05, 0) is 55.3 Å². The number of nitriles is 1. The van der Waals surface area contributed by atoms with E-state index >= 15 is 0 Å². The molecule has 0 aromatic heterocycles. The molecule has 0 heterocycles. The standard InChI is InChI=1S/C17H31N/c1-15(2,3)11-12-17(13-18)9-7-14(8-10-17)16(4,5)6/h14H,7-12H2,1-6H3. The minimum absolute atomic E-state index is 0.0188. The highest BCUT2D eigenvalue weighted by Gasteiger charge is 2.39. The van der Waals surface area contributed by atoms with E-state index in [2.05, 4.69) is 47.6 Å². The first kappa shape index (κ1) is 15.5. The molecule has 1 saturated carbocycles. The maximum Gasteiger partial charge on any atom is 0.0689 e. The summed E-state index contributed by atoms with van der Waals surface area (Å²) in [6.07, 6.45) is 6.95. The van der Waals surface area contributed by atoms with E-state index in [1.54, 1.807) is 0 Å². The zero-order valence-electron chi connectivity index (χ0n) is 13.3. The lowest BCUT2D eigenvalue weighted by Crippen LogP contribution is -2.32. The summed E-state index contributed by atoms with van der Waals surface area (Å²) < 4.78 is 0. The molecule has 0 saturated heterocycles. The van der Waals surface area contributed by atoms with Gasteiger partial charge in [0.25, 0.3) is 0 Å². The van der Waals surface area contributed by atoms with Crippen LogP contribution in [0.3, 0.4) is 0 Å². The number of hydrogen-bond donors (Lipinski definition) is 0. The fraction of sp³-hybridized carbons (Fsp3) is 0.941. The fourth-order valence-corrected chi connectivity index (χ4v) is 3.07. The van der Waals surface area contributed by atoms with Crippen molar-refractivity contribution in [2.24, 2.45) is 22.2 Å². The van der Waals surface area contributed by atoms with Crippen molar-refractivity contribution in [2.45, 2.75) is 80.1 Å². The quantitative estimate of drug-likeness (QED) is 0.628. The Labute approximate surface area is 114 Å². The summed E-state index contributed by atoms with van der Waals surface area (Å²) in [6.45, 7) is 13.8. The fourth-order valence-electron chi connectivity index (χ4n) is 3.07. The van der Waals surface area contributed by atoms with Crippen LogP contribution < -0.4 is 0 Å². The molecular weight excluding hydrogens is 218 g/mol. The molecule has 1 nitrogen and oxygen atoms in total. The third kappa shape index (κ3) is 4.30. The molecule has 0 spiro atoms. The average Bonchev–Trinajstić information content (AvgIpc) is 2.25. The first-order chi connectivity index (χ1) is 8.08. The van der Waals surface area contributed by atoms with Gasteiger partial charge in [0.15, 0.2) is 0 Å². The van der Waals surface area contributed by atoms with Gasteiger partial charge in [0.1, 0.15) is 0 Å². The van der Waals surface area contributed by atoms with Gasteiger partial charge < -0.3 is 0 Å². The number of rotatable bonds is 2. The Morgan fingerprint density at radius 2 is 1.56 bits per heavy atom. The smallest absolute Gasteiger partial charge is 0.0689 e. The van der Waals surface area contributed by atoms with Crippen molar-refractivity contribution in [2.75, 3.05) is 0 Å². The van der Waals surface area contributed by atoms with Gasteiger partial charge >= 0.3 is 0 Å². The molecule has 0 atom stereocenters. The molecule has 0 aromatic rings. The molecule has 0 N–H and O–H groups in total. The van der Waals surface area contributed by atoms with E-state index in [4.69, 9.17) is 0 Å². The summed E-state index contributed by atoms with van der Waals surface area (Å²) >= 11 is 0. The third-order valence-corrected chi connectivity index (χ3v) is 4.76. The van der Waals surface area contributed by atoms with Crippen LogP contribution in [-0.2, 0) is 0 Å². The lowest BCUT2D eigenvalue weighted by Gasteiger charge is -2.41. The molecule has 0 bridgehead atoms. The second-order valence-corrected chi connectivity index (χ2v) is 8.59. The predicted octanol–water partition coefficient (Wildman–Crippen LogP) is 5.56. The lowest BCUT2D eigenvalue weighted by atomic mass is 9.62. The molecular formula is C17H31N. The van der Waals surface area contributed by atoms with E-state index in [0.29, 0.717) is 10.8 Å². The van der Waals surface area contributed by atoms with Crippen LogP contribution in [0.4, 0.5) is 0 Å². The average molecular weight is 249 g/mol. The highest BCUT2D eigenvalue weighted by Crippen LogP contribution is 2.48. The molecule has 1 rings (SSSR count). The molecule has 104 valence electrons. The van der Waals surface area contributed by atoms with E-state index in [0.717, 1.165) is 25.2 Å². The topological polar surface area (TPSA) is 23.8 Å². The van der Waals surface area contributed by atoms with Crippen molar-refractivity contribution in [1.82, 2.24) is 0 Å². The largest absolute Gasteiger partial charge is 0.198 e. The van der Waals surface area contributed by atoms with E-state index < -0.39 is 0 Å². The van der Waals surface area contributed by atoms with E-state index in [1.165, 1.54) is 19.3 Å². The second-order valence-electron chi connectivity index (χ2n) is 8.59. The van der Waals surface area contributed by atoms with Crippen LogP contribution in [0.1, 0.15) is 80.1 Å². The molecule has 1 fully saturated rings. The summed E-state index contributed by atoms with van der Waals surface area (Å²) in [6, 6.07) is 2.66. The monoisotopic (exact) mass is 249 g/mol. The van der Waals surface area contributed by atoms with Gasteiger partial charge in [-0.15, -0.1) is 0 Å². The molecule has 0 radical (unpaired) electrons. The van der Waals surface area contributed by atoms with Gasteiger partial charge in [-0.1, -0.05) is 41.5 Å². The SMILES string of the molecule is CC(C)(C)CCC1(C#N)CCC(C(C)(C)C)CC1. The molecule has 1 aliphatic carbocycles. The van der Waals surface area contributed by atoms with Crippen LogP contribution in [0.2, 0.25) is 0 Å². The van der Waals surface area contributed by atoms with E-state index in [9.17, 15) is 5.26 Å². The molecule has 0 aromatic carbocycles. The summed E-state index contributed by atoms with van der Waals surface area (Å²) in [5.74, 6) is 0.800. The summed E-state index contributed by atoms with van der Waals surface area (Å²) in [7, 11) is 0. The molecule has 1 heteroatoms. The van der Waals surface area contributed by atoms with Crippen molar-refractivity contribution in [1.29, 1.82) is 5.26 Å². The highest BCUT2D eigenvalue weighted by atomic mass is 14.5. The highest BCUT2D eigenvalue weighted by molar-refractivity contribution is 5.02. The normalized spacial score (nSPS) is 29.9. The Balaban J connectivity index is 2.59. The van der Waals surface area contributed by atoms with Crippen LogP contribution in [0.25, 0.3) is 0 Å². The Morgan fingerprint density at radius 3 is 1.89 bits per heavy atom.